The van der Waals surface area contributed by atoms with Crippen LogP contribution in [0.1, 0.15) is 16.7 Å². The lowest BCUT2D eigenvalue weighted by Crippen LogP contribution is -1.99. The molecule has 0 amide bonds. The lowest BCUT2D eigenvalue weighted by molar-refractivity contribution is 0.483. The first-order valence-electron chi connectivity index (χ1n) is 15.6. The molecule has 1 aliphatic rings. The Labute approximate surface area is 267 Å². The zero-order valence-corrected chi connectivity index (χ0v) is 25.3. The van der Waals surface area contributed by atoms with Gasteiger partial charge in [-0.2, -0.15) is 0 Å². The Balaban J connectivity index is 1.26. The highest BCUT2D eigenvalue weighted by atomic mass is 16.5. The first-order chi connectivity index (χ1) is 22.7. The van der Waals surface area contributed by atoms with Crippen molar-refractivity contribution in [1.29, 1.82) is 0 Å². The van der Waals surface area contributed by atoms with Crippen LogP contribution in [0.3, 0.4) is 0 Å². The molecule has 8 aromatic rings. The van der Waals surface area contributed by atoms with E-state index in [0.717, 1.165) is 51.6 Å². The first kappa shape index (κ1) is 26.4. The fourth-order valence-corrected chi connectivity index (χ4v) is 6.97. The summed E-state index contributed by atoms with van der Waals surface area (Å²) >= 11 is 0. The van der Waals surface area contributed by atoms with Crippen molar-refractivity contribution >= 4 is 21.8 Å². The van der Waals surface area contributed by atoms with Gasteiger partial charge in [-0.3, -0.25) is 9.55 Å². The van der Waals surface area contributed by atoms with Crippen molar-refractivity contribution in [2.45, 2.75) is 13.3 Å². The number of nitrogens with zero attached hydrogens (tertiary/aromatic N) is 3. The fraction of sp³-hybridized carbons (Fsp3) is 0.0476. The summed E-state index contributed by atoms with van der Waals surface area (Å²) < 4.78 is 8.84. The average molecular weight is 592 g/mol. The minimum Gasteiger partial charge on any atom is -0.457 e. The van der Waals surface area contributed by atoms with Crippen molar-refractivity contribution in [2.24, 2.45) is 0 Å². The second kappa shape index (κ2) is 10.6. The maximum absolute atomic E-state index is 6.54. The molecule has 1 aliphatic carbocycles. The summed E-state index contributed by atoms with van der Waals surface area (Å²) in [6.07, 6.45) is 4.75. The summed E-state index contributed by atoms with van der Waals surface area (Å²) in [5.41, 5.74) is 13.0. The van der Waals surface area contributed by atoms with E-state index in [9.17, 15) is 0 Å². The SMILES string of the molecule is Cc1cnc(-n2c3cc(Oc4cccc(-c5ccccn5)c4)ccc3c3c4c(ccc32)Cc2ccccc2-4)cc1-c1ccccc1. The minimum atomic E-state index is 0.764. The van der Waals surface area contributed by atoms with E-state index >= 15 is 0 Å². The molecule has 0 unspecified atom stereocenters. The second-order valence-corrected chi connectivity index (χ2v) is 11.9. The third-order valence-corrected chi connectivity index (χ3v) is 9.09. The van der Waals surface area contributed by atoms with E-state index in [1.54, 1.807) is 0 Å². The van der Waals surface area contributed by atoms with Gasteiger partial charge in [0.25, 0.3) is 0 Å². The van der Waals surface area contributed by atoms with Crippen molar-refractivity contribution in [1.82, 2.24) is 14.5 Å². The number of benzene rings is 5. The summed E-state index contributed by atoms with van der Waals surface area (Å²) in [6, 6.07) is 46.6. The molecule has 0 saturated carbocycles. The molecule has 0 N–H and O–H groups in total. The molecule has 0 aliphatic heterocycles. The van der Waals surface area contributed by atoms with Crippen LogP contribution in [0.4, 0.5) is 0 Å². The van der Waals surface area contributed by atoms with Crippen LogP contribution in [0, 0.1) is 6.92 Å². The number of rotatable bonds is 5. The van der Waals surface area contributed by atoms with Gasteiger partial charge in [0.1, 0.15) is 17.3 Å². The van der Waals surface area contributed by atoms with Crippen LogP contribution < -0.4 is 4.74 Å². The number of ether oxygens (including phenoxy) is 1. The van der Waals surface area contributed by atoms with Gasteiger partial charge in [0.2, 0.25) is 0 Å². The Morgan fingerprint density at radius 3 is 2.33 bits per heavy atom. The number of pyridine rings is 2. The monoisotopic (exact) mass is 591 g/mol. The van der Waals surface area contributed by atoms with Gasteiger partial charge in [0.15, 0.2) is 0 Å². The van der Waals surface area contributed by atoms with E-state index < -0.39 is 0 Å². The molecular formula is C42H29N3O. The summed E-state index contributed by atoms with van der Waals surface area (Å²) in [6.45, 7) is 2.12. The lowest BCUT2D eigenvalue weighted by atomic mass is 9.99. The Morgan fingerprint density at radius 1 is 0.609 bits per heavy atom. The lowest BCUT2D eigenvalue weighted by Gasteiger charge is -2.13. The number of fused-ring (bicyclic) bond motifs is 7. The highest BCUT2D eigenvalue weighted by Gasteiger charge is 2.25. The Hall–Kier alpha value is -6.00. The molecule has 3 heterocycles. The molecule has 9 rings (SSSR count). The molecule has 0 saturated heterocycles. The van der Waals surface area contributed by atoms with E-state index in [0.29, 0.717) is 0 Å². The third kappa shape index (κ3) is 4.30. The molecule has 46 heavy (non-hydrogen) atoms. The number of hydrogen-bond donors (Lipinski definition) is 0. The topological polar surface area (TPSA) is 39.9 Å². The minimum absolute atomic E-state index is 0.764. The standard InChI is InChI=1S/C42H29N3O/c1-27-26-44-40(25-36(27)28-10-3-2-4-11-28)45-38-20-17-31-22-29-12-5-6-15-34(29)41(31)42(38)35-19-18-33(24-39(35)45)46-32-14-9-13-30(23-32)37-16-7-8-21-43-37/h2-21,23-26H,22H2,1H3. The van der Waals surface area contributed by atoms with Crippen LogP contribution >= 0.6 is 0 Å². The Kier molecular flexibility index (Phi) is 6.07. The van der Waals surface area contributed by atoms with Crippen LogP contribution in [0.2, 0.25) is 0 Å². The average Bonchev–Trinajstić information content (AvgIpc) is 3.65. The van der Waals surface area contributed by atoms with Gasteiger partial charge in [-0.25, -0.2) is 4.98 Å². The molecule has 0 fully saturated rings. The van der Waals surface area contributed by atoms with E-state index in [4.69, 9.17) is 9.72 Å². The maximum atomic E-state index is 6.54. The van der Waals surface area contributed by atoms with Crippen LogP contribution in [-0.4, -0.2) is 14.5 Å². The number of aromatic nitrogens is 3. The molecule has 0 atom stereocenters. The molecule has 5 aromatic carbocycles. The van der Waals surface area contributed by atoms with Gasteiger partial charge in [0.05, 0.1) is 16.7 Å². The molecule has 3 aromatic heterocycles. The summed E-state index contributed by atoms with van der Waals surface area (Å²) in [7, 11) is 0. The Morgan fingerprint density at radius 2 is 1.43 bits per heavy atom. The highest BCUT2D eigenvalue weighted by Crippen LogP contribution is 2.46. The molecule has 4 heteroatoms. The van der Waals surface area contributed by atoms with Crippen molar-refractivity contribution in [3.63, 3.8) is 0 Å². The van der Waals surface area contributed by atoms with Crippen LogP contribution in [0.5, 0.6) is 11.5 Å². The van der Waals surface area contributed by atoms with E-state index in [1.165, 1.54) is 44.2 Å². The van der Waals surface area contributed by atoms with Gasteiger partial charge < -0.3 is 4.74 Å². The zero-order valence-electron chi connectivity index (χ0n) is 25.3. The summed E-state index contributed by atoms with van der Waals surface area (Å²) in [5.74, 6) is 2.41. The largest absolute Gasteiger partial charge is 0.457 e. The molecule has 0 spiro atoms. The van der Waals surface area contributed by atoms with Gasteiger partial charge in [-0.15, -0.1) is 0 Å². The van der Waals surface area contributed by atoms with E-state index in [2.05, 4.69) is 114 Å². The van der Waals surface area contributed by atoms with Crippen molar-refractivity contribution < 1.29 is 4.74 Å². The molecule has 0 bridgehead atoms. The Bertz CT molecular complexity index is 2430. The highest BCUT2D eigenvalue weighted by molar-refractivity contribution is 6.17. The number of hydrogen-bond acceptors (Lipinski definition) is 3. The molecule has 218 valence electrons. The van der Waals surface area contributed by atoms with Gasteiger partial charge in [-0.05, 0) is 101 Å². The molecule has 4 nitrogen and oxygen atoms in total. The predicted octanol–water partition coefficient (Wildman–Crippen LogP) is 10.6. The maximum Gasteiger partial charge on any atom is 0.138 e. The van der Waals surface area contributed by atoms with Crippen LogP contribution in [0.15, 0.2) is 146 Å². The fourth-order valence-electron chi connectivity index (χ4n) is 6.97. The van der Waals surface area contributed by atoms with Crippen molar-refractivity contribution in [3.8, 4) is 50.8 Å². The third-order valence-electron chi connectivity index (χ3n) is 9.09. The first-order valence-corrected chi connectivity index (χ1v) is 15.6. The predicted molar refractivity (Wildman–Crippen MR) is 187 cm³/mol. The quantitative estimate of drug-likeness (QED) is 0.200. The second-order valence-electron chi connectivity index (χ2n) is 11.9. The zero-order chi connectivity index (χ0) is 30.6. The van der Waals surface area contributed by atoms with Crippen molar-refractivity contribution in [3.05, 3.63) is 163 Å². The van der Waals surface area contributed by atoms with Crippen molar-refractivity contribution in [2.75, 3.05) is 0 Å². The van der Waals surface area contributed by atoms with E-state index in [-0.39, 0.29) is 0 Å². The summed E-state index contributed by atoms with van der Waals surface area (Å²) in [5, 5.41) is 2.44. The number of aryl methyl sites for hydroxylation is 1. The van der Waals surface area contributed by atoms with Gasteiger partial charge in [-0.1, -0.05) is 78.9 Å². The molecule has 0 radical (unpaired) electrons. The van der Waals surface area contributed by atoms with E-state index in [1.807, 2.05) is 48.8 Å². The van der Waals surface area contributed by atoms with Crippen LogP contribution in [0.25, 0.3) is 61.1 Å². The van der Waals surface area contributed by atoms with Gasteiger partial charge in [0, 0.05) is 34.8 Å². The van der Waals surface area contributed by atoms with Crippen LogP contribution in [-0.2, 0) is 6.42 Å². The summed E-state index contributed by atoms with van der Waals surface area (Å²) in [4.78, 5) is 9.54. The van der Waals surface area contributed by atoms with Gasteiger partial charge >= 0.3 is 0 Å². The smallest absolute Gasteiger partial charge is 0.138 e. The molecular weight excluding hydrogens is 562 g/mol. The normalized spacial score (nSPS) is 11.9.